The van der Waals surface area contributed by atoms with Gasteiger partial charge in [-0.25, -0.2) is 4.79 Å². The van der Waals surface area contributed by atoms with Crippen LogP contribution in [0.25, 0.3) is 0 Å². The molecule has 0 aromatic carbocycles. The molecule has 9 heteroatoms. The van der Waals surface area contributed by atoms with Crippen molar-refractivity contribution in [3.63, 3.8) is 0 Å². The smallest absolute Gasteiger partial charge is 0.475 e. The van der Waals surface area contributed by atoms with Gasteiger partial charge in [0.25, 0.3) is 0 Å². The fourth-order valence-electron chi connectivity index (χ4n) is 4.25. The number of carboxylic acid groups (broad SMARTS) is 1. The molecule has 1 aliphatic carbocycles. The molecule has 1 saturated carbocycles. The van der Waals surface area contributed by atoms with E-state index in [4.69, 9.17) is 9.90 Å². The molecule has 1 spiro atoms. The standard InChI is InChI=1S/C19H30N2OS.C2HF3O2/c1-20(2)18(22)13-16-3-6-19(7-4-16)8-10-21(11-9-19)14-17-5-12-23-15-17;3-2(4,5)1(6)7/h5,12,15-16H,3-4,6-11,13-14H2,1-2H3;(H,6,7). The summed E-state index contributed by atoms with van der Waals surface area (Å²) in [7, 11) is 3.74. The lowest BCUT2D eigenvalue weighted by atomic mass is 9.65. The van der Waals surface area contributed by atoms with E-state index < -0.39 is 12.1 Å². The molecule has 3 rings (SSSR count). The number of alkyl halides is 3. The van der Waals surface area contributed by atoms with Crippen LogP contribution in [0.15, 0.2) is 16.8 Å². The van der Waals surface area contributed by atoms with Crippen LogP contribution in [0.1, 0.15) is 50.5 Å². The Hall–Kier alpha value is -1.61. The molecule has 1 saturated heterocycles. The number of amides is 1. The lowest BCUT2D eigenvalue weighted by Crippen LogP contribution is -2.41. The number of thiophene rings is 1. The third-order valence-electron chi connectivity index (χ3n) is 6.27. The molecule has 1 amide bonds. The van der Waals surface area contributed by atoms with E-state index in [1.807, 2.05) is 14.1 Å². The maximum Gasteiger partial charge on any atom is 0.490 e. The number of carbonyl (C=O) groups is 2. The lowest BCUT2D eigenvalue weighted by Gasteiger charge is -2.46. The Morgan fingerprint density at radius 1 is 1.20 bits per heavy atom. The molecule has 2 heterocycles. The molecule has 1 aromatic rings. The van der Waals surface area contributed by atoms with Crippen molar-refractivity contribution in [2.75, 3.05) is 27.2 Å². The van der Waals surface area contributed by atoms with Crippen LogP contribution in [0.4, 0.5) is 13.2 Å². The van der Waals surface area contributed by atoms with E-state index >= 15 is 0 Å². The molecule has 0 atom stereocenters. The zero-order chi connectivity index (χ0) is 22.4. The van der Waals surface area contributed by atoms with Gasteiger partial charge >= 0.3 is 12.1 Å². The first-order chi connectivity index (χ1) is 14.0. The number of carbonyl (C=O) groups excluding carboxylic acids is 1. The minimum atomic E-state index is -5.08. The molecule has 1 aromatic heterocycles. The summed E-state index contributed by atoms with van der Waals surface area (Å²) < 4.78 is 31.7. The van der Waals surface area contributed by atoms with E-state index in [0.717, 1.165) is 13.0 Å². The van der Waals surface area contributed by atoms with Crippen LogP contribution in [-0.4, -0.2) is 60.1 Å². The molecular formula is C21H31F3N2O3S. The number of piperidine rings is 1. The summed E-state index contributed by atoms with van der Waals surface area (Å²) in [6.07, 6.45) is 3.56. The molecule has 1 aliphatic heterocycles. The maximum atomic E-state index is 11.9. The van der Waals surface area contributed by atoms with Crippen molar-refractivity contribution in [1.29, 1.82) is 0 Å². The SMILES string of the molecule is CN(C)C(=O)CC1CCC2(CC1)CCN(Cc1ccsc1)CC2.O=C(O)C(F)(F)F. The number of aliphatic carboxylic acids is 1. The van der Waals surface area contributed by atoms with Gasteiger partial charge in [0, 0.05) is 27.1 Å². The lowest BCUT2D eigenvalue weighted by molar-refractivity contribution is -0.192. The molecule has 0 radical (unpaired) electrons. The highest BCUT2D eigenvalue weighted by Crippen LogP contribution is 2.47. The van der Waals surface area contributed by atoms with Crippen LogP contribution in [0.5, 0.6) is 0 Å². The van der Waals surface area contributed by atoms with Crippen LogP contribution in [0.2, 0.25) is 0 Å². The number of carboxylic acids is 1. The fourth-order valence-corrected chi connectivity index (χ4v) is 4.91. The van der Waals surface area contributed by atoms with Gasteiger partial charge in [-0.3, -0.25) is 9.69 Å². The number of likely N-dealkylation sites (tertiary alicyclic amines) is 1. The maximum absolute atomic E-state index is 11.9. The molecular weight excluding hydrogens is 417 g/mol. The van der Waals surface area contributed by atoms with Gasteiger partial charge in [-0.05, 0) is 85.3 Å². The summed E-state index contributed by atoms with van der Waals surface area (Å²) in [6, 6.07) is 2.25. The monoisotopic (exact) mass is 448 g/mol. The van der Waals surface area contributed by atoms with E-state index in [1.165, 1.54) is 57.2 Å². The van der Waals surface area contributed by atoms with Gasteiger partial charge in [0.2, 0.25) is 5.91 Å². The molecule has 5 nitrogen and oxygen atoms in total. The predicted octanol–water partition coefficient (Wildman–Crippen LogP) is 4.63. The van der Waals surface area contributed by atoms with Gasteiger partial charge < -0.3 is 10.0 Å². The number of halogens is 3. The van der Waals surface area contributed by atoms with Crippen molar-refractivity contribution in [3.8, 4) is 0 Å². The van der Waals surface area contributed by atoms with E-state index in [1.54, 1.807) is 16.2 Å². The third-order valence-corrected chi connectivity index (χ3v) is 7.01. The predicted molar refractivity (Wildman–Crippen MR) is 110 cm³/mol. The van der Waals surface area contributed by atoms with Crippen LogP contribution in [0, 0.1) is 11.3 Å². The Balaban J connectivity index is 0.000000396. The second-order valence-electron chi connectivity index (χ2n) is 8.65. The third kappa shape index (κ3) is 7.58. The summed E-state index contributed by atoms with van der Waals surface area (Å²) in [5.74, 6) is -1.83. The molecule has 30 heavy (non-hydrogen) atoms. The van der Waals surface area contributed by atoms with Gasteiger partial charge in [-0.1, -0.05) is 0 Å². The summed E-state index contributed by atoms with van der Waals surface area (Å²) >= 11 is 1.80. The first-order valence-corrected chi connectivity index (χ1v) is 11.2. The van der Waals surface area contributed by atoms with E-state index in [-0.39, 0.29) is 0 Å². The summed E-state index contributed by atoms with van der Waals surface area (Å²) in [5, 5.41) is 11.6. The van der Waals surface area contributed by atoms with Gasteiger partial charge in [0.15, 0.2) is 0 Å². The number of nitrogens with zero attached hydrogens (tertiary/aromatic N) is 2. The van der Waals surface area contributed by atoms with E-state index in [9.17, 15) is 18.0 Å². The average Bonchev–Trinajstić information content (AvgIpc) is 3.18. The molecule has 170 valence electrons. The number of hydrogen-bond acceptors (Lipinski definition) is 4. The first-order valence-electron chi connectivity index (χ1n) is 10.2. The zero-order valence-corrected chi connectivity index (χ0v) is 18.4. The van der Waals surface area contributed by atoms with Gasteiger partial charge in [-0.2, -0.15) is 24.5 Å². The van der Waals surface area contributed by atoms with Crippen molar-refractivity contribution in [3.05, 3.63) is 22.4 Å². The Morgan fingerprint density at radius 3 is 2.20 bits per heavy atom. The van der Waals surface area contributed by atoms with Crippen molar-refractivity contribution < 1.29 is 27.9 Å². The quantitative estimate of drug-likeness (QED) is 0.730. The average molecular weight is 449 g/mol. The van der Waals surface area contributed by atoms with Crippen LogP contribution < -0.4 is 0 Å². The normalized spacial score (nSPS) is 19.8. The molecule has 0 bridgehead atoms. The summed E-state index contributed by atoms with van der Waals surface area (Å²) in [6.45, 7) is 3.62. The van der Waals surface area contributed by atoms with Crippen LogP contribution in [-0.2, 0) is 16.1 Å². The van der Waals surface area contributed by atoms with Crippen LogP contribution >= 0.6 is 11.3 Å². The largest absolute Gasteiger partial charge is 0.490 e. The summed E-state index contributed by atoms with van der Waals surface area (Å²) in [5.41, 5.74) is 2.06. The molecule has 2 aliphatic rings. The van der Waals surface area contributed by atoms with Gasteiger partial charge in [0.05, 0.1) is 0 Å². The molecule has 0 unspecified atom stereocenters. The van der Waals surface area contributed by atoms with Gasteiger partial charge in [-0.15, -0.1) is 0 Å². The van der Waals surface area contributed by atoms with Crippen molar-refractivity contribution in [1.82, 2.24) is 9.80 Å². The van der Waals surface area contributed by atoms with E-state index in [0.29, 0.717) is 17.2 Å². The highest BCUT2D eigenvalue weighted by atomic mass is 32.1. The minimum absolute atomic E-state index is 0.302. The van der Waals surface area contributed by atoms with Crippen LogP contribution in [0.3, 0.4) is 0 Å². The summed E-state index contributed by atoms with van der Waals surface area (Å²) in [4.78, 5) is 25.2. The Morgan fingerprint density at radius 2 is 1.77 bits per heavy atom. The van der Waals surface area contributed by atoms with Crippen molar-refractivity contribution in [2.45, 2.75) is 57.7 Å². The molecule has 2 fully saturated rings. The van der Waals surface area contributed by atoms with Crippen molar-refractivity contribution >= 4 is 23.2 Å². The Kier molecular flexibility index (Phi) is 8.73. The number of rotatable bonds is 4. The zero-order valence-electron chi connectivity index (χ0n) is 17.6. The molecule has 1 N–H and O–H groups in total. The highest BCUT2D eigenvalue weighted by molar-refractivity contribution is 7.07. The Bertz CT molecular complexity index is 674. The van der Waals surface area contributed by atoms with Crippen molar-refractivity contribution in [2.24, 2.45) is 11.3 Å². The Labute approximate surface area is 179 Å². The second kappa shape index (κ2) is 10.6. The number of hydrogen-bond donors (Lipinski definition) is 1. The highest BCUT2D eigenvalue weighted by Gasteiger charge is 2.39. The topological polar surface area (TPSA) is 60.9 Å². The fraction of sp³-hybridized carbons (Fsp3) is 0.714. The minimum Gasteiger partial charge on any atom is -0.475 e. The van der Waals surface area contributed by atoms with E-state index in [2.05, 4.69) is 21.7 Å². The van der Waals surface area contributed by atoms with Gasteiger partial charge in [0.1, 0.15) is 0 Å². The first kappa shape index (κ1) is 24.7. The second-order valence-corrected chi connectivity index (χ2v) is 9.43.